The molecule has 8 heteroatoms. The number of benzene rings is 5. The van der Waals surface area contributed by atoms with Gasteiger partial charge in [-0.3, -0.25) is 0 Å². The predicted octanol–water partition coefficient (Wildman–Crippen LogP) is 6.38. The van der Waals surface area contributed by atoms with Crippen LogP contribution in [0.5, 0.6) is 11.5 Å². The van der Waals surface area contributed by atoms with Crippen molar-refractivity contribution in [1.82, 2.24) is 0 Å². The second-order valence-corrected chi connectivity index (χ2v) is 13.4. The Morgan fingerprint density at radius 1 is 0.425 bits per heavy atom. The topological polar surface area (TPSA) is 109 Å². The Bertz CT molecular complexity index is 1750. The molecule has 0 spiro atoms. The van der Waals surface area contributed by atoms with Crippen molar-refractivity contribution >= 4 is 19.7 Å². The summed E-state index contributed by atoms with van der Waals surface area (Å²) in [4.78, 5) is -0.399. The maximum Gasteiger partial charge on any atom is 0.186 e. The molecule has 5 rings (SSSR count). The molecule has 2 N–H and O–H groups in total. The Hall–Kier alpha value is -4.40. The predicted molar refractivity (Wildman–Crippen MR) is 155 cm³/mol. The van der Waals surface area contributed by atoms with Crippen LogP contribution in [0.2, 0.25) is 0 Å². The molecule has 0 aliphatic carbocycles. The van der Waals surface area contributed by atoms with Crippen LogP contribution in [0.15, 0.2) is 131 Å². The fourth-order valence-electron chi connectivity index (χ4n) is 4.55. The summed E-state index contributed by atoms with van der Waals surface area (Å²) in [5, 5.41) is 20.8. The fraction of sp³-hybridized carbons (Fsp3) is 0.0625. The first-order valence-electron chi connectivity index (χ1n) is 12.4. The van der Waals surface area contributed by atoms with Crippen molar-refractivity contribution in [3.8, 4) is 33.8 Å². The molecule has 0 aromatic heterocycles. The lowest BCUT2D eigenvalue weighted by atomic mass is 10.1. The van der Waals surface area contributed by atoms with Crippen LogP contribution in [0.25, 0.3) is 22.3 Å². The van der Waals surface area contributed by atoms with E-state index in [1.54, 1.807) is 30.3 Å². The molecule has 6 nitrogen and oxygen atoms in total. The third-order valence-electron chi connectivity index (χ3n) is 6.51. The minimum Gasteiger partial charge on any atom is -0.507 e. The van der Waals surface area contributed by atoms with Gasteiger partial charge >= 0.3 is 0 Å². The number of rotatable bonds is 8. The molecule has 40 heavy (non-hydrogen) atoms. The third-order valence-corrected chi connectivity index (χ3v) is 9.93. The molecular formula is C32H26O6S2. The van der Waals surface area contributed by atoms with E-state index in [9.17, 15) is 27.0 Å². The minimum atomic E-state index is -3.97. The van der Waals surface area contributed by atoms with Gasteiger partial charge in [-0.05, 0) is 57.6 Å². The molecule has 0 radical (unpaired) electrons. The zero-order valence-electron chi connectivity index (χ0n) is 21.3. The first-order valence-corrected chi connectivity index (χ1v) is 15.7. The maximum atomic E-state index is 13.3. The van der Waals surface area contributed by atoms with Gasteiger partial charge < -0.3 is 10.2 Å². The molecule has 0 bridgehead atoms. The number of phenols is 2. The summed E-state index contributed by atoms with van der Waals surface area (Å²) in [6.07, 6.45) is 0. The monoisotopic (exact) mass is 570 g/mol. The number of aromatic hydroxyl groups is 2. The van der Waals surface area contributed by atoms with E-state index in [1.807, 2.05) is 60.7 Å². The molecule has 5 aromatic rings. The quantitative estimate of drug-likeness (QED) is 0.224. The molecule has 5 aromatic carbocycles. The van der Waals surface area contributed by atoms with Gasteiger partial charge in [0.1, 0.15) is 21.3 Å². The zero-order chi connectivity index (χ0) is 28.3. The summed E-state index contributed by atoms with van der Waals surface area (Å²) in [7, 11) is -7.94. The zero-order valence-corrected chi connectivity index (χ0v) is 22.9. The van der Waals surface area contributed by atoms with Crippen molar-refractivity contribution in [1.29, 1.82) is 0 Å². The molecule has 0 atom stereocenters. The molecule has 0 amide bonds. The Morgan fingerprint density at radius 2 is 0.825 bits per heavy atom. The first-order chi connectivity index (χ1) is 19.1. The van der Waals surface area contributed by atoms with Gasteiger partial charge in [-0.2, -0.15) is 0 Å². The summed E-state index contributed by atoms with van der Waals surface area (Å²) in [6, 6.07) is 33.7. The lowest BCUT2D eigenvalue weighted by Gasteiger charge is -2.12. The van der Waals surface area contributed by atoms with E-state index in [0.29, 0.717) is 22.3 Å². The summed E-state index contributed by atoms with van der Waals surface area (Å²) in [6.45, 7) is 0. The van der Waals surface area contributed by atoms with Gasteiger partial charge in [0.15, 0.2) is 19.7 Å². The van der Waals surface area contributed by atoms with Crippen LogP contribution >= 0.6 is 0 Å². The average molecular weight is 571 g/mol. The smallest absolute Gasteiger partial charge is 0.186 e. The van der Waals surface area contributed by atoms with E-state index in [0.717, 1.165) is 11.1 Å². The second-order valence-electron chi connectivity index (χ2n) is 9.44. The summed E-state index contributed by atoms with van der Waals surface area (Å²) < 4.78 is 53.3. The van der Waals surface area contributed by atoms with Crippen LogP contribution in [0.4, 0.5) is 0 Å². The van der Waals surface area contributed by atoms with Crippen LogP contribution < -0.4 is 0 Å². The Kier molecular flexibility index (Phi) is 7.47. The number of hydrogen-bond acceptors (Lipinski definition) is 6. The van der Waals surface area contributed by atoms with Crippen molar-refractivity contribution in [2.75, 3.05) is 0 Å². The van der Waals surface area contributed by atoms with Crippen LogP contribution in [0, 0.1) is 0 Å². The van der Waals surface area contributed by atoms with Crippen molar-refractivity contribution < 1.29 is 27.0 Å². The highest BCUT2D eigenvalue weighted by Gasteiger charge is 2.23. The van der Waals surface area contributed by atoms with Gasteiger partial charge in [0.25, 0.3) is 0 Å². The van der Waals surface area contributed by atoms with Crippen LogP contribution in [-0.2, 0) is 31.2 Å². The Morgan fingerprint density at radius 3 is 1.23 bits per heavy atom. The number of phenolic OH excluding ortho intramolecular Hbond substituents is 2. The van der Waals surface area contributed by atoms with Crippen LogP contribution in [-0.4, -0.2) is 27.0 Å². The summed E-state index contributed by atoms with van der Waals surface area (Å²) in [5.41, 5.74) is 3.67. The van der Waals surface area contributed by atoms with E-state index in [-0.39, 0.29) is 21.3 Å². The van der Waals surface area contributed by atoms with E-state index >= 15 is 0 Å². The normalized spacial score (nSPS) is 11.8. The fourth-order valence-corrected chi connectivity index (χ4v) is 7.48. The molecule has 202 valence electrons. The molecule has 0 aliphatic rings. The van der Waals surface area contributed by atoms with E-state index in [1.165, 1.54) is 30.3 Å². The van der Waals surface area contributed by atoms with Crippen molar-refractivity contribution in [3.63, 3.8) is 0 Å². The van der Waals surface area contributed by atoms with Crippen molar-refractivity contribution in [2.45, 2.75) is 21.3 Å². The average Bonchev–Trinajstić information content (AvgIpc) is 2.94. The van der Waals surface area contributed by atoms with Gasteiger partial charge in [0, 0.05) is 0 Å². The molecule has 0 saturated carbocycles. The van der Waals surface area contributed by atoms with Gasteiger partial charge in [-0.25, -0.2) is 16.8 Å². The van der Waals surface area contributed by atoms with Gasteiger partial charge in [0.05, 0.1) is 11.5 Å². The molecule has 0 heterocycles. The first kappa shape index (κ1) is 27.2. The second kappa shape index (κ2) is 11.0. The van der Waals surface area contributed by atoms with Crippen LogP contribution in [0.1, 0.15) is 11.1 Å². The summed E-state index contributed by atoms with van der Waals surface area (Å²) in [5.74, 6) is -1.57. The Balaban J connectivity index is 1.41. The van der Waals surface area contributed by atoms with E-state index < -0.39 is 31.2 Å². The lowest BCUT2D eigenvalue weighted by Crippen LogP contribution is -2.08. The highest BCUT2D eigenvalue weighted by atomic mass is 32.2. The number of sulfone groups is 2. The SMILES string of the molecule is O=S(=O)(Cc1cccc(CS(=O)(=O)c2cc(-c3ccccc3)ccc2O)c1)c1cc(-c2ccccc2)ccc1O. The Labute approximate surface area is 233 Å². The molecule has 0 unspecified atom stereocenters. The third kappa shape index (κ3) is 5.93. The van der Waals surface area contributed by atoms with Gasteiger partial charge in [-0.1, -0.05) is 97.1 Å². The molecule has 0 fully saturated rings. The van der Waals surface area contributed by atoms with Crippen molar-refractivity contribution in [3.05, 3.63) is 132 Å². The van der Waals surface area contributed by atoms with Gasteiger partial charge in [0.2, 0.25) is 0 Å². The highest BCUT2D eigenvalue weighted by molar-refractivity contribution is 7.91. The number of hydrogen-bond donors (Lipinski definition) is 2. The minimum absolute atomic E-state index is 0.200. The van der Waals surface area contributed by atoms with E-state index in [4.69, 9.17) is 0 Å². The highest BCUT2D eigenvalue weighted by Crippen LogP contribution is 2.33. The van der Waals surface area contributed by atoms with Gasteiger partial charge in [-0.15, -0.1) is 0 Å². The largest absolute Gasteiger partial charge is 0.507 e. The molecule has 0 saturated heterocycles. The van der Waals surface area contributed by atoms with Crippen LogP contribution in [0.3, 0.4) is 0 Å². The molecule has 0 aliphatic heterocycles. The molecular weight excluding hydrogens is 544 g/mol. The maximum absolute atomic E-state index is 13.3. The van der Waals surface area contributed by atoms with Crippen molar-refractivity contribution in [2.24, 2.45) is 0 Å². The summed E-state index contributed by atoms with van der Waals surface area (Å²) >= 11 is 0. The standard InChI is InChI=1S/C32H26O6S2/c33-29-16-14-27(25-10-3-1-4-11-25)19-31(29)39(35,36)21-23-8-7-9-24(18-23)22-40(37,38)32-20-28(15-17-30(32)34)26-12-5-2-6-13-26/h1-20,33-34H,21-22H2. The lowest BCUT2D eigenvalue weighted by molar-refractivity contribution is 0.458. The van der Waals surface area contributed by atoms with E-state index in [2.05, 4.69) is 0 Å².